The van der Waals surface area contributed by atoms with Gasteiger partial charge in [0.25, 0.3) is 5.91 Å². The summed E-state index contributed by atoms with van der Waals surface area (Å²) in [6, 6.07) is 12.7. The standard InChI is InChI=1S/C45H49Cl2N7O4/c1-25-19-31(20-26(2)41(25)47)58-18-8-9-32-33-11-12-35(46)40(39-28(4)48-38(49-29(39)5)24-52-16-14-50(6)15-17-52)42(33)54-27(3)22-53(44(55)43(32)54)37-23-51(7)36-13-10-30(45(56)57)21-34(36)37/h10-13,19-21,23,27H,8-9,14-18,22,24H2,1-7H3,(H,56,57)/t27-/m1/s1. The fourth-order valence-corrected chi connectivity index (χ4v) is 9.30. The lowest BCUT2D eigenvalue weighted by atomic mass is 9.97. The quantitative estimate of drug-likeness (QED) is 0.137. The minimum absolute atomic E-state index is 0.156. The Bertz CT molecular complexity index is 2580. The van der Waals surface area contributed by atoms with E-state index < -0.39 is 5.97 Å². The van der Waals surface area contributed by atoms with E-state index in [1.807, 2.05) is 69.8 Å². The summed E-state index contributed by atoms with van der Waals surface area (Å²) < 4.78 is 10.4. The summed E-state index contributed by atoms with van der Waals surface area (Å²) in [5.74, 6) is 0.370. The van der Waals surface area contributed by atoms with Gasteiger partial charge in [0.15, 0.2) is 0 Å². The van der Waals surface area contributed by atoms with Crippen molar-refractivity contribution in [2.75, 3.05) is 51.3 Å². The zero-order valence-corrected chi connectivity index (χ0v) is 35.6. The number of hydrogen-bond acceptors (Lipinski definition) is 7. The maximum absolute atomic E-state index is 15.2. The smallest absolute Gasteiger partial charge is 0.335 e. The molecule has 2 aliphatic heterocycles. The molecule has 6 aromatic rings. The summed E-state index contributed by atoms with van der Waals surface area (Å²) in [6.07, 6.45) is 3.12. The van der Waals surface area contributed by atoms with E-state index in [4.69, 9.17) is 37.9 Å². The number of amides is 1. The Balaban J connectivity index is 1.24. The Labute approximate surface area is 348 Å². The Morgan fingerprint density at radius 3 is 2.28 bits per heavy atom. The van der Waals surface area contributed by atoms with E-state index in [0.29, 0.717) is 54.3 Å². The average molecular weight is 823 g/mol. The first-order valence-corrected chi connectivity index (χ1v) is 20.6. The molecule has 2 aliphatic rings. The maximum atomic E-state index is 15.2. The molecule has 0 saturated carbocycles. The normalized spacial score (nSPS) is 16.5. The van der Waals surface area contributed by atoms with E-state index in [1.165, 1.54) is 0 Å². The van der Waals surface area contributed by atoms with Crippen molar-refractivity contribution in [1.82, 2.24) is 28.9 Å². The van der Waals surface area contributed by atoms with Crippen LogP contribution in [-0.2, 0) is 20.0 Å². The van der Waals surface area contributed by atoms with Crippen molar-refractivity contribution in [3.05, 3.63) is 104 Å². The fourth-order valence-electron chi connectivity index (χ4n) is 8.95. The molecule has 8 rings (SSSR count). The highest BCUT2D eigenvalue weighted by molar-refractivity contribution is 6.35. The second-order valence-corrected chi connectivity index (χ2v) is 16.8. The number of benzene rings is 3. The molecule has 0 aliphatic carbocycles. The van der Waals surface area contributed by atoms with Crippen molar-refractivity contribution in [2.45, 2.75) is 60.0 Å². The molecule has 0 radical (unpaired) electrons. The molecule has 3 aromatic heterocycles. The van der Waals surface area contributed by atoms with Crippen molar-refractivity contribution < 1.29 is 19.4 Å². The van der Waals surface area contributed by atoms with Gasteiger partial charge in [0.2, 0.25) is 0 Å². The van der Waals surface area contributed by atoms with E-state index in [0.717, 1.165) is 98.4 Å². The molecule has 1 fully saturated rings. The van der Waals surface area contributed by atoms with Gasteiger partial charge in [-0.25, -0.2) is 14.8 Å². The fraction of sp³-hybridized carbons (Fsp3) is 0.378. The van der Waals surface area contributed by atoms with Crippen LogP contribution < -0.4 is 9.64 Å². The summed E-state index contributed by atoms with van der Waals surface area (Å²) >= 11 is 13.7. The van der Waals surface area contributed by atoms with Gasteiger partial charge in [0.1, 0.15) is 17.3 Å². The van der Waals surface area contributed by atoms with Gasteiger partial charge in [0.05, 0.1) is 34.9 Å². The molecule has 1 atom stereocenters. The van der Waals surface area contributed by atoms with Crippen LogP contribution in [0.4, 0.5) is 5.69 Å². The molecule has 0 unspecified atom stereocenters. The van der Waals surface area contributed by atoms with Gasteiger partial charge in [-0.1, -0.05) is 29.3 Å². The number of nitrogens with zero attached hydrogens (tertiary/aromatic N) is 7. The van der Waals surface area contributed by atoms with Crippen LogP contribution in [0.5, 0.6) is 5.75 Å². The van der Waals surface area contributed by atoms with Crippen molar-refractivity contribution in [1.29, 1.82) is 0 Å². The molecule has 1 amide bonds. The molecule has 0 bridgehead atoms. The first-order chi connectivity index (χ1) is 27.7. The van der Waals surface area contributed by atoms with Crippen LogP contribution in [0.15, 0.2) is 48.7 Å². The maximum Gasteiger partial charge on any atom is 0.335 e. The SMILES string of the molecule is Cc1cc(OCCCc2c3n(c4c(-c5c(C)nc(CN6CCN(C)CC6)nc5C)c(Cl)ccc24)[C@H](C)CN(c2cn(C)c4ccc(C(=O)O)cc24)C3=O)cc(C)c1Cl. The summed E-state index contributed by atoms with van der Waals surface area (Å²) in [7, 11) is 4.06. The number of aromatic carboxylic acids is 1. The summed E-state index contributed by atoms with van der Waals surface area (Å²) in [5, 5.41) is 12.8. The molecular formula is C45H49Cl2N7O4. The van der Waals surface area contributed by atoms with Gasteiger partial charge < -0.3 is 28.8 Å². The van der Waals surface area contributed by atoms with Crippen molar-refractivity contribution in [3.63, 3.8) is 0 Å². The molecular weight excluding hydrogens is 773 g/mol. The number of likely N-dealkylation sites (N-methyl/N-ethyl adjacent to an activating group) is 1. The minimum Gasteiger partial charge on any atom is -0.494 e. The van der Waals surface area contributed by atoms with Crippen LogP contribution in [0, 0.1) is 27.7 Å². The van der Waals surface area contributed by atoms with E-state index in [2.05, 4.69) is 28.3 Å². The minimum atomic E-state index is -1.02. The number of aromatic nitrogens is 4. The molecule has 11 nitrogen and oxygen atoms in total. The number of fused-ring (bicyclic) bond motifs is 4. The average Bonchev–Trinajstić information content (AvgIpc) is 3.69. The lowest BCUT2D eigenvalue weighted by Gasteiger charge is -2.34. The second kappa shape index (κ2) is 15.7. The predicted molar refractivity (Wildman–Crippen MR) is 231 cm³/mol. The Morgan fingerprint density at radius 2 is 1.60 bits per heavy atom. The molecule has 0 spiro atoms. The number of carbonyl (C=O) groups is 2. The van der Waals surface area contributed by atoms with Crippen LogP contribution in [0.2, 0.25) is 10.0 Å². The monoisotopic (exact) mass is 821 g/mol. The van der Waals surface area contributed by atoms with E-state index in [-0.39, 0.29) is 17.5 Å². The largest absolute Gasteiger partial charge is 0.494 e. The Kier molecular flexibility index (Phi) is 10.8. The van der Waals surface area contributed by atoms with Crippen LogP contribution in [-0.4, -0.2) is 92.3 Å². The first kappa shape index (κ1) is 39.9. The predicted octanol–water partition coefficient (Wildman–Crippen LogP) is 8.81. The van der Waals surface area contributed by atoms with Crippen LogP contribution in [0.25, 0.3) is 32.9 Å². The summed E-state index contributed by atoms with van der Waals surface area (Å²) in [6.45, 7) is 15.5. The van der Waals surface area contributed by atoms with Crippen molar-refractivity contribution >= 4 is 62.6 Å². The van der Waals surface area contributed by atoms with E-state index in [9.17, 15) is 9.90 Å². The van der Waals surface area contributed by atoms with Gasteiger partial charge in [-0.05, 0) is 108 Å². The zero-order valence-electron chi connectivity index (χ0n) is 34.1. The van der Waals surface area contributed by atoms with Crippen molar-refractivity contribution in [3.8, 4) is 16.9 Å². The third-order valence-electron chi connectivity index (χ3n) is 11.8. The Morgan fingerprint density at radius 1 is 0.914 bits per heavy atom. The lowest BCUT2D eigenvalue weighted by molar-refractivity contribution is 0.0696. The number of ether oxygens (including phenoxy) is 1. The number of halogens is 2. The number of carboxylic acid groups (broad SMARTS) is 1. The summed E-state index contributed by atoms with van der Waals surface area (Å²) in [5.41, 5.74) is 9.35. The molecule has 58 heavy (non-hydrogen) atoms. The highest BCUT2D eigenvalue weighted by Crippen LogP contribution is 2.45. The van der Waals surface area contributed by atoms with Gasteiger partial charge in [-0.3, -0.25) is 9.69 Å². The van der Waals surface area contributed by atoms with E-state index >= 15 is 4.79 Å². The van der Waals surface area contributed by atoms with Gasteiger partial charge >= 0.3 is 5.97 Å². The number of aryl methyl sites for hydroxylation is 6. The van der Waals surface area contributed by atoms with Gasteiger partial charge in [-0.15, -0.1) is 0 Å². The second-order valence-electron chi connectivity index (χ2n) is 16.0. The third-order valence-corrected chi connectivity index (χ3v) is 12.8. The molecule has 13 heteroatoms. The Hall–Kier alpha value is -4.94. The number of hydrogen-bond donors (Lipinski definition) is 1. The number of carboxylic acids is 1. The summed E-state index contributed by atoms with van der Waals surface area (Å²) in [4.78, 5) is 43.9. The number of rotatable bonds is 10. The topological polar surface area (TPSA) is 109 Å². The molecule has 302 valence electrons. The molecule has 5 heterocycles. The third kappa shape index (κ3) is 7.12. The molecule has 3 aromatic carbocycles. The molecule has 1 N–H and O–H groups in total. The van der Waals surface area contributed by atoms with Crippen LogP contribution >= 0.6 is 23.2 Å². The molecule has 1 saturated heterocycles. The van der Waals surface area contributed by atoms with Crippen LogP contribution in [0.1, 0.15) is 74.1 Å². The van der Waals surface area contributed by atoms with Crippen molar-refractivity contribution in [2.24, 2.45) is 7.05 Å². The lowest BCUT2D eigenvalue weighted by Crippen LogP contribution is -2.44. The van der Waals surface area contributed by atoms with Gasteiger partial charge in [-0.2, -0.15) is 0 Å². The first-order valence-electron chi connectivity index (χ1n) is 19.9. The number of anilines is 1. The number of carbonyl (C=O) groups excluding carboxylic acids is 1. The highest BCUT2D eigenvalue weighted by Gasteiger charge is 2.37. The van der Waals surface area contributed by atoms with Crippen LogP contribution in [0.3, 0.4) is 0 Å². The highest BCUT2D eigenvalue weighted by atomic mass is 35.5. The number of piperazine rings is 1. The van der Waals surface area contributed by atoms with Gasteiger partial charge in [0, 0.05) is 95.8 Å². The zero-order chi connectivity index (χ0) is 41.2. The van der Waals surface area contributed by atoms with E-state index in [1.54, 1.807) is 23.1 Å².